The Kier molecular flexibility index (Phi) is 4.22. The highest BCUT2D eigenvalue weighted by atomic mass is 16.5. The van der Waals surface area contributed by atoms with E-state index in [2.05, 4.69) is 20.2 Å². The maximum absolute atomic E-state index is 11.7. The highest BCUT2D eigenvalue weighted by molar-refractivity contribution is 5.96. The number of azide groups is 1. The van der Waals surface area contributed by atoms with Gasteiger partial charge in [-0.15, -0.1) is 0 Å². The predicted molar refractivity (Wildman–Crippen MR) is 85.2 cm³/mol. The first-order valence-corrected chi connectivity index (χ1v) is 6.90. The molecule has 1 amide bonds. The van der Waals surface area contributed by atoms with Crippen LogP contribution < -0.4 is 4.74 Å². The van der Waals surface area contributed by atoms with Gasteiger partial charge in [-0.2, -0.15) is 4.98 Å². The fraction of sp³-hybridized carbons (Fsp3) is 0.0625. The topological polar surface area (TPSA) is 114 Å². The van der Waals surface area contributed by atoms with Gasteiger partial charge in [0.05, 0.1) is 12.7 Å². The Morgan fingerprint density at radius 2 is 2.04 bits per heavy atom. The van der Waals surface area contributed by atoms with Crippen LogP contribution in [0.2, 0.25) is 0 Å². The maximum atomic E-state index is 11.7. The Balaban J connectivity index is 2.05. The number of methoxy groups -OCH3 is 1. The average molecular weight is 321 g/mol. The SMILES string of the molecule is COc1ccc(C(=O)N=[N+]=[N-])cc1-c1nc(-c2ccccc2)no1. The summed E-state index contributed by atoms with van der Waals surface area (Å²) in [6.07, 6.45) is 0. The van der Waals surface area contributed by atoms with Gasteiger partial charge in [0.1, 0.15) is 5.75 Å². The van der Waals surface area contributed by atoms with Crippen LogP contribution in [0, 0.1) is 0 Å². The number of aromatic nitrogens is 2. The molecule has 0 N–H and O–H groups in total. The fourth-order valence-electron chi connectivity index (χ4n) is 2.14. The summed E-state index contributed by atoms with van der Waals surface area (Å²) < 4.78 is 10.6. The lowest BCUT2D eigenvalue weighted by Crippen LogP contribution is -1.96. The molecule has 0 spiro atoms. The summed E-state index contributed by atoms with van der Waals surface area (Å²) in [4.78, 5) is 18.6. The summed E-state index contributed by atoms with van der Waals surface area (Å²) in [5.41, 5.74) is 9.82. The van der Waals surface area contributed by atoms with Crippen molar-refractivity contribution >= 4 is 5.91 Å². The van der Waals surface area contributed by atoms with Crippen molar-refractivity contribution in [1.29, 1.82) is 0 Å². The Hall–Kier alpha value is -3.64. The molecule has 0 saturated carbocycles. The summed E-state index contributed by atoms with van der Waals surface area (Å²) in [5.74, 6) is 0.362. The zero-order valence-corrected chi connectivity index (χ0v) is 12.6. The number of benzene rings is 2. The summed E-state index contributed by atoms with van der Waals surface area (Å²) in [7, 11) is 1.49. The van der Waals surface area contributed by atoms with Gasteiger partial charge >= 0.3 is 0 Å². The Labute approximate surface area is 136 Å². The van der Waals surface area contributed by atoms with Crippen LogP contribution in [0.25, 0.3) is 33.3 Å². The first-order chi connectivity index (χ1) is 11.7. The molecule has 0 bridgehead atoms. The molecule has 0 aliphatic rings. The summed E-state index contributed by atoms with van der Waals surface area (Å²) in [6, 6.07) is 13.9. The molecular formula is C16H11N5O3. The largest absolute Gasteiger partial charge is 0.496 e. The molecule has 0 fully saturated rings. The van der Waals surface area contributed by atoms with Crippen molar-refractivity contribution in [2.75, 3.05) is 7.11 Å². The van der Waals surface area contributed by atoms with Crippen LogP contribution in [0.4, 0.5) is 0 Å². The highest BCUT2D eigenvalue weighted by Crippen LogP contribution is 2.31. The molecule has 0 saturated heterocycles. The van der Waals surface area contributed by atoms with Crippen LogP contribution in [-0.2, 0) is 0 Å². The molecule has 118 valence electrons. The minimum absolute atomic E-state index is 0.196. The molecule has 0 atom stereocenters. The van der Waals surface area contributed by atoms with Gasteiger partial charge < -0.3 is 9.26 Å². The van der Waals surface area contributed by atoms with E-state index in [4.69, 9.17) is 14.8 Å². The number of ether oxygens (including phenoxy) is 1. The van der Waals surface area contributed by atoms with Crippen LogP contribution in [-0.4, -0.2) is 23.2 Å². The third-order valence-electron chi connectivity index (χ3n) is 3.27. The number of nitrogens with zero attached hydrogens (tertiary/aromatic N) is 5. The quantitative estimate of drug-likeness (QED) is 0.411. The average Bonchev–Trinajstić information content (AvgIpc) is 3.12. The van der Waals surface area contributed by atoms with Crippen LogP contribution in [0.15, 0.2) is 58.2 Å². The van der Waals surface area contributed by atoms with E-state index in [-0.39, 0.29) is 11.5 Å². The lowest BCUT2D eigenvalue weighted by atomic mass is 10.1. The molecule has 3 rings (SSSR count). The van der Waals surface area contributed by atoms with E-state index in [0.717, 1.165) is 5.56 Å². The number of amides is 1. The van der Waals surface area contributed by atoms with E-state index in [1.54, 1.807) is 6.07 Å². The Bertz CT molecular complexity index is 930. The molecule has 0 aliphatic carbocycles. The normalized spacial score (nSPS) is 10.0. The molecule has 24 heavy (non-hydrogen) atoms. The van der Waals surface area contributed by atoms with Gasteiger partial charge in [-0.3, -0.25) is 4.79 Å². The molecule has 0 radical (unpaired) electrons. The zero-order chi connectivity index (χ0) is 16.9. The van der Waals surface area contributed by atoms with Gasteiger partial charge in [-0.05, 0) is 28.8 Å². The number of hydrogen-bond donors (Lipinski definition) is 0. The number of carbonyl (C=O) groups is 1. The monoisotopic (exact) mass is 321 g/mol. The molecule has 8 nitrogen and oxygen atoms in total. The highest BCUT2D eigenvalue weighted by Gasteiger charge is 2.17. The zero-order valence-electron chi connectivity index (χ0n) is 12.6. The summed E-state index contributed by atoms with van der Waals surface area (Å²) in [6.45, 7) is 0. The Morgan fingerprint density at radius 1 is 1.25 bits per heavy atom. The van der Waals surface area contributed by atoms with Crippen LogP contribution in [0.5, 0.6) is 5.75 Å². The third-order valence-corrected chi connectivity index (χ3v) is 3.27. The van der Waals surface area contributed by atoms with E-state index >= 15 is 0 Å². The number of hydrogen-bond acceptors (Lipinski definition) is 5. The summed E-state index contributed by atoms with van der Waals surface area (Å²) in [5, 5.41) is 7.01. The van der Waals surface area contributed by atoms with Crippen molar-refractivity contribution in [2.45, 2.75) is 0 Å². The lowest BCUT2D eigenvalue weighted by Gasteiger charge is -2.05. The van der Waals surface area contributed by atoms with Crippen molar-refractivity contribution in [2.24, 2.45) is 5.11 Å². The maximum Gasteiger partial charge on any atom is 0.262 e. The predicted octanol–water partition coefficient (Wildman–Crippen LogP) is 3.86. The van der Waals surface area contributed by atoms with E-state index in [1.807, 2.05) is 30.3 Å². The van der Waals surface area contributed by atoms with Crippen molar-refractivity contribution < 1.29 is 14.1 Å². The third kappa shape index (κ3) is 2.94. The minimum Gasteiger partial charge on any atom is -0.496 e. The first kappa shape index (κ1) is 15.3. The molecule has 1 aromatic heterocycles. The van der Waals surface area contributed by atoms with E-state index in [9.17, 15) is 4.79 Å². The van der Waals surface area contributed by atoms with E-state index < -0.39 is 5.91 Å². The smallest absolute Gasteiger partial charge is 0.262 e. The van der Waals surface area contributed by atoms with Gasteiger partial charge in [0.2, 0.25) is 11.7 Å². The van der Waals surface area contributed by atoms with E-state index in [1.165, 1.54) is 19.2 Å². The lowest BCUT2D eigenvalue weighted by molar-refractivity contribution is 0.100. The van der Waals surface area contributed by atoms with Crippen molar-refractivity contribution in [3.8, 4) is 28.6 Å². The van der Waals surface area contributed by atoms with Crippen molar-refractivity contribution in [3.05, 3.63) is 64.5 Å². The molecular weight excluding hydrogens is 310 g/mol. The van der Waals surface area contributed by atoms with E-state index in [0.29, 0.717) is 17.1 Å². The van der Waals surface area contributed by atoms with Crippen LogP contribution in [0.1, 0.15) is 10.4 Å². The fourth-order valence-corrected chi connectivity index (χ4v) is 2.14. The second-order valence-corrected chi connectivity index (χ2v) is 4.70. The Morgan fingerprint density at radius 3 is 2.75 bits per heavy atom. The molecule has 0 aliphatic heterocycles. The van der Waals surface area contributed by atoms with Crippen LogP contribution >= 0.6 is 0 Å². The minimum atomic E-state index is -0.704. The van der Waals surface area contributed by atoms with Gasteiger partial charge in [0.15, 0.2) is 0 Å². The second kappa shape index (κ2) is 6.64. The van der Waals surface area contributed by atoms with Crippen molar-refractivity contribution in [3.63, 3.8) is 0 Å². The molecule has 1 heterocycles. The van der Waals surface area contributed by atoms with Crippen LogP contribution in [0.3, 0.4) is 0 Å². The number of rotatable bonds is 4. The van der Waals surface area contributed by atoms with Gasteiger partial charge in [0.25, 0.3) is 5.89 Å². The van der Waals surface area contributed by atoms with Crippen molar-refractivity contribution in [1.82, 2.24) is 10.1 Å². The second-order valence-electron chi connectivity index (χ2n) is 4.70. The van der Waals surface area contributed by atoms with Gasteiger partial charge in [-0.1, -0.05) is 35.5 Å². The standard InChI is InChI=1S/C16H11N5O3/c1-23-13-8-7-11(15(22)19-21-17)9-12(13)16-18-14(20-24-16)10-5-3-2-4-6-10/h2-9H,1H3. The molecule has 2 aromatic carbocycles. The van der Waals surface area contributed by atoms with Gasteiger partial charge in [0, 0.05) is 16.0 Å². The number of carbonyl (C=O) groups excluding carboxylic acids is 1. The first-order valence-electron chi connectivity index (χ1n) is 6.90. The molecule has 8 heteroatoms. The van der Waals surface area contributed by atoms with Gasteiger partial charge in [-0.25, -0.2) is 0 Å². The molecule has 0 unspecified atom stereocenters. The molecule has 3 aromatic rings. The summed E-state index contributed by atoms with van der Waals surface area (Å²) >= 11 is 0.